The van der Waals surface area contributed by atoms with Crippen LogP contribution in [0.1, 0.15) is 12.5 Å². The van der Waals surface area contributed by atoms with Gasteiger partial charge in [0.15, 0.2) is 0 Å². The minimum absolute atomic E-state index is 0.632. The van der Waals surface area contributed by atoms with Crippen molar-refractivity contribution in [2.75, 3.05) is 6.61 Å². The van der Waals surface area contributed by atoms with Gasteiger partial charge in [0.2, 0.25) is 3.79 Å². The maximum Gasteiger partial charge on any atom is 0.216 e. The van der Waals surface area contributed by atoms with E-state index in [4.69, 9.17) is 39.5 Å². The maximum absolute atomic E-state index is 5.68. The number of alkyl halides is 3. The Kier molecular flexibility index (Phi) is 3.72. The van der Waals surface area contributed by atoms with E-state index in [0.717, 1.165) is 5.75 Å². The second kappa shape index (κ2) is 4.41. The Bertz CT molecular complexity index is 263. The third-order valence-corrected chi connectivity index (χ3v) is 2.15. The van der Waals surface area contributed by atoms with Crippen LogP contribution in [0.4, 0.5) is 0 Å². The summed E-state index contributed by atoms with van der Waals surface area (Å²) in [6.07, 6.45) is 0. The highest BCUT2D eigenvalue weighted by molar-refractivity contribution is 6.66. The molecule has 4 heteroatoms. The molecule has 0 N–H and O–H groups in total. The van der Waals surface area contributed by atoms with Crippen molar-refractivity contribution >= 4 is 34.8 Å². The Hall–Kier alpha value is -0.110. The number of hydrogen-bond donors (Lipinski definition) is 0. The van der Waals surface area contributed by atoms with Gasteiger partial charge in [0.1, 0.15) is 5.75 Å². The third-order valence-electron chi connectivity index (χ3n) is 1.49. The highest BCUT2D eigenvalue weighted by Crippen LogP contribution is 2.38. The molecule has 1 nitrogen and oxygen atoms in total. The average molecular weight is 240 g/mol. The second-order valence-electron chi connectivity index (χ2n) is 2.46. The Morgan fingerprint density at radius 2 is 1.69 bits per heavy atom. The predicted octanol–water partition coefficient (Wildman–Crippen LogP) is 3.91. The largest absolute Gasteiger partial charge is 0.494 e. The van der Waals surface area contributed by atoms with E-state index in [2.05, 4.69) is 0 Å². The molecule has 0 aromatic heterocycles. The van der Waals surface area contributed by atoms with Gasteiger partial charge in [-0.3, -0.25) is 0 Å². The number of benzene rings is 1. The first-order valence-corrected chi connectivity index (χ1v) is 4.97. The molecule has 0 aliphatic heterocycles. The van der Waals surface area contributed by atoms with Crippen molar-refractivity contribution in [3.8, 4) is 5.75 Å². The molecule has 0 aliphatic carbocycles. The summed E-state index contributed by atoms with van der Waals surface area (Å²) >= 11 is 17.0. The molecule has 0 heterocycles. The fraction of sp³-hybridized carbons (Fsp3) is 0.333. The van der Waals surface area contributed by atoms with Gasteiger partial charge in [0.25, 0.3) is 0 Å². The minimum Gasteiger partial charge on any atom is -0.494 e. The van der Waals surface area contributed by atoms with Gasteiger partial charge >= 0.3 is 0 Å². The molecular weight excluding hydrogens is 230 g/mol. The first-order valence-electron chi connectivity index (χ1n) is 3.84. The van der Waals surface area contributed by atoms with Crippen LogP contribution in [0.3, 0.4) is 0 Å². The Balaban J connectivity index is 2.81. The van der Waals surface area contributed by atoms with E-state index in [1.54, 1.807) is 24.3 Å². The summed E-state index contributed by atoms with van der Waals surface area (Å²) in [5, 5.41) is 0. The summed E-state index contributed by atoms with van der Waals surface area (Å²) in [5.41, 5.74) is 0.640. The van der Waals surface area contributed by atoms with Crippen LogP contribution in [0.15, 0.2) is 24.3 Å². The summed E-state index contributed by atoms with van der Waals surface area (Å²) in [6.45, 7) is 2.55. The molecule has 72 valence electrons. The molecule has 0 atom stereocenters. The zero-order valence-corrected chi connectivity index (χ0v) is 9.33. The van der Waals surface area contributed by atoms with Crippen molar-refractivity contribution in [3.63, 3.8) is 0 Å². The van der Waals surface area contributed by atoms with Crippen LogP contribution in [0.5, 0.6) is 5.75 Å². The van der Waals surface area contributed by atoms with E-state index < -0.39 is 3.79 Å². The minimum atomic E-state index is -1.36. The molecule has 0 aliphatic rings. The van der Waals surface area contributed by atoms with Crippen LogP contribution in [-0.2, 0) is 3.79 Å². The zero-order valence-electron chi connectivity index (χ0n) is 7.06. The lowest BCUT2D eigenvalue weighted by Gasteiger charge is -2.11. The molecule has 1 rings (SSSR count). The van der Waals surface area contributed by atoms with Crippen LogP contribution in [-0.4, -0.2) is 6.61 Å². The molecule has 0 unspecified atom stereocenters. The van der Waals surface area contributed by atoms with Gasteiger partial charge in [0.05, 0.1) is 6.61 Å². The van der Waals surface area contributed by atoms with Gasteiger partial charge in [-0.2, -0.15) is 0 Å². The lowest BCUT2D eigenvalue weighted by atomic mass is 10.2. The van der Waals surface area contributed by atoms with Crippen LogP contribution < -0.4 is 4.74 Å². The summed E-state index contributed by atoms with van der Waals surface area (Å²) in [6, 6.07) is 7.03. The van der Waals surface area contributed by atoms with Crippen molar-refractivity contribution in [3.05, 3.63) is 29.8 Å². The van der Waals surface area contributed by atoms with Crippen LogP contribution in [0.25, 0.3) is 0 Å². The molecule has 0 spiro atoms. The molecule has 0 radical (unpaired) electrons. The predicted molar refractivity (Wildman–Crippen MR) is 56.8 cm³/mol. The van der Waals surface area contributed by atoms with Crippen molar-refractivity contribution in [1.82, 2.24) is 0 Å². The van der Waals surface area contributed by atoms with E-state index in [1.807, 2.05) is 6.92 Å². The quantitative estimate of drug-likeness (QED) is 0.711. The van der Waals surface area contributed by atoms with Crippen molar-refractivity contribution in [1.29, 1.82) is 0 Å². The Morgan fingerprint density at radius 3 is 2.08 bits per heavy atom. The fourth-order valence-corrected chi connectivity index (χ4v) is 1.28. The van der Waals surface area contributed by atoms with E-state index in [1.165, 1.54) is 0 Å². The molecule has 1 aromatic rings. The van der Waals surface area contributed by atoms with Crippen molar-refractivity contribution < 1.29 is 4.74 Å². The summed E-state index contributed by atoms with van der Waals surface area (Å²) in [5.74, 6) is 0.778. The first kappa shape index (κ1) is 11.0. The lowest BCUT2D eigenvalue weighted by Crippen LogP contribution is -1.99. The van der Waals surface area contributed by atoms with E-state index in [9.17, 15) is 0 Å². The number of rotatable bonds is 2. The summed E-state index contributed by atoms with van der Waals surface area (Å²) in [7, 11) is 0. The van der Waals surface area contributed by atoms with E-state index in [-0.39, 0.29) is 0 Å². The molecule has 0 fully saturated rings. The lowest BCUT2D eigenvalue weighted by molar-refractivity contribution is 0.340. The van der Waals surface area contributed by atoms with E-state index in [0.29, 0.717) is 12.2 Å². The maximum atomic E-state index is 5.68. The first-order chi connectivity index (χ1) is 6.04. The van der Waals surface area contributed by atoms with Gasteiger partial charge < -0.3 is 4.74 Å². The van der Waals surface area contributed by atoms with Crippen molar-refractivity contribution in [2.24, 2.45) is 0 Å². The van der Waals surface area contributed by atoms with Crippen LogP contribution in [0, 0.1) is 0 Å². The standard InChI is InChI=1S/C9H9Cl3O/c1-2-13-8-5-3-7(4-6-8)9(10,11)12/h3-6H,2H2,1H3. The smallest absolute Gasteiger partial charge is 0.216 e. The molecule has 0 saturated heterocycles. The van der Waals surface area contributed by atoms with Gasteiger partial charge in [-0.15, -0.1) is 0 Å². The fourth-order valence-electron chi connectivity index (χ4n) is 0.907. The molecule has 0 bridgehead atoms. The zero-order chi connectivity index (χ0) is 9.90. The molecule has 0 amide bonds. The van der Waals surface area contributed by atoms with E-state index >= 15 is 0 Å². The van der Waals surface area contributed by atoms with Gasteiger partial charge in [-0.25, -0.2) is 0 Å². The Morgan fingerprint density at radius 1 is 1.15 bits per heavy atom. The Labute approximate surface area is 92.5 Å². The SMILES string of the molecule is CCOc1ccc(C(Cl)(Cl)Cl)cc1. The molecule has 13 heavy (non-hydrogen) atoms. The molecule has 0 saturated carbocycles. The van der Waals surface area contributed by atoms with Gasteiger partial charge in [-0.05, 0) is 19.1 Å². The number of ether oxygens (including phenoxy) is 1. The molecule has 1 aromatic carbocycles. The number of halogens is 3. The average Bonchev–Trinajstić information content (AvgIpc) is 2.04. The normalized spacial score (nSPS) is 11.4. The van der Waals surface area contributed by atoms with Gasteiger partial charge in [0, 0.05) is 5.56 Å². The molecular formula is C9H9Cl3O. The van der Waals surface area contributed by atoms with Crippen LogP contribution >= 0.6 is 34.8 Å². The van der Waals surface area contributed by atoms with Crippen LogP contribution in [0.2, 0.25) is 0 Å². The third kappa shape index (κ3) is 3.26. The second-order valence-corrected chi connectivity index (χ2v) is 4.74. The summed E-state index contributed by atoms with van der Waals surface area (Å²) < 4.78 is 3.89. The van der Waals surface area contributed by atoms with Gasteiger partial charge in [-0.1, -0.05) is 46.9 Å². The highest BCUT2D eigenvalue weighted by Gasteiger charge is 2.22. The number of hydrogen-bond acceptors (Lipinski definition) is 1. The monoisotopic (exact) mass is 238 g/mol. The van der Waals surface area contributed by atoms with Crippen molar-refractivity contribution in [2.45, 2.75) is 10.7 Å². The summed E-state index contributed by atoms with van der Waals surface area (Å²) in [4.78, 5) is 0. The highest BCUT2D eigenvalue weighted by atomic mass is 35.6. The topological polar surface area (TPSA) is 9.23 Å².